The molecule has 0 spiro atoms. The van der Waals surface area contributed by atoms with Crippen LogP contribution in [0.1, 0.15) is 18.9 Å². The summed E-state index contributed by atoms with van der Waals surface area (Å²) in [5.74, 6) is 0. The molecule has 1 aromatic rings. The van der Waals surface area contributed by atoms with Gasteiger partial charge >= 0.3 is 6.18 Å². The summed E-state index contributed by atoms with van der Waals surface area (Å²) >= 11 is 6.08. The smallest absolute Gasteiger partial charge is 0.366 e. The fourth-order valence-electron chi connectivity index (χ4n) is 1.68. The third kappa shape index (κ3) is 5.70. The van der Waals surface area contributed by atoms with Crippen molar-refractivity contribution in [3.63, 3.8) is 0 Å². The van der Waals surface area contributed by atoms with Crippen molar-refractivity contribution in [2.24, 2.45) is 0 Å². The lowest BCUT2D eigenvalue weighted by molar-refractivity contribution is -0.119. The van der Waals surface area contributed by atoms with Gasteiger partial charge in [-0.15, -0.1) is 0 Å². The number of alkyl halides is 3. The van der Waals surface area contributed by atoms with Gasteiger partial charge in [0.25, 0.3) is 0 Å². The number of nitrogens with one attached hydrogen (secondary N) is 1. The Hall–Kier alpha value is -0.940. The third-order valence-corrected chi connectivity index (χ3v) is 2.99. The van der Waals surface area contributed by atoms with Gasteiger partial charge in [-0.3, -0.25) is 0 Å². The summed E-state index contributed by atoms with van der Waals surface area (Å²) in [5.41, 5.74) is 1.35. The number of nitrogens with zero attached hydrogens (tertiary/aromatic N) is 1. The van der Waals surface area contributed by atoms with Crippen LogP contribution in [0, 0.1) is 0 Å². The number of rotatable bonds is 6. The molecule has 0 fully saturated rings. The first-order valence-corrected chi connectivity index (χ1v) is 6.48. The van der Waals surface area contributed by atoms with Crippen molar-refractivity contribution in [2.45, 2.75) is 26.1 Å². The summed E-state index contributed by atoms with van der Waals surface area (Å²) < 4.78 is 36.9. The van der Waals surface area contributed by atoms with Gasteiger partial charge in [-0.1, -0.05) is 24.6 Å². The Labute approximate surface area is 116 Å². The molecule has 1 rings (SSSR count). The number of halogens is 4. The Kier molecular flexibility index (Phi) is 5.94. The van der Waals surface area contributed by atoms with Crippen LogP contribution in [0.3, 0.4) is 0 Å². The van der Waals surface area contributed by atoms with Gasteiger partial charge < -0.3 is 10.2 Å². The fraction of sp³-hybridized carbons (Fsp3) is 0.538. The molecule has 1 N–H and O–H groups in total. The van der Waals surface area contributed by atoms with E-state index in [4.69, 9.17) is 11.6 Å². The van der Waals surface area contributed by atoms with Crippen LogP contribution in [0.25, 0.3) is 0 Å². The molecule has 0 bridgehead atoms. The fourth-order valence-corrected chi connectivity index (χ4v) is 1.92. The van der Waals surface area contributed by atoms with Crippen LogP contribution in [0.5, 0.6) is 0 Å². The average Bonchev–Trinajstić information content (AvgIpc) is 2.29. The van der Waals surface area contributed by atoms with Gasteiger partial charge in [-0.05, 0) is 30.7 Å². The summed E-state index contributed by atoms with van der Waals surface area (Å²) in [6, 6.07) is 4.98. The zero-order chi connectivity index (χ0) is 14.5. The molecular formula is C13H18ClF3N2. The zero-order valence-electron chi connectivity index (χ0n) is 11.0. The lowest BCUT2D eigenvalue weighted by atomic mass is 10.2. The average molecular weight is 295 g/mol. The molecule has 0 atom stereocenters. The highest BCUT2D eigenvalue weighted by molar-refractivity contribution is 6.31. The van der Waals surface area contributed by atoms with Gasteiger partial charge in [0.15, 0.2) is 0 Å². The predicted molar refractivity (Wildman–Crippen MR) is 72.8 cm³/mol. The van der Waals surface area contributed by atoms with E-state index in [2.05, 4.69) is 12.2 Å². The van der Waals surface area contributed by atoms with E-state index in [1.165, 1.54) is 7.05 Å². The largest absolute Gasteiger partial charge is 0.405 e. The Morgan fingerprint density at radius 1 is 1.32 bits per heavy atom. The normalized spacial score (nSPS) is 11.7. The highest BCUT2D eigenvalue weighted by Gasteiger charge is 2.29. The van der Waals surface area contributed by atoms with Crippen LogP contribution in [0.15, 0.2) is 18.2 Å². The van der Waals surface area contributed by atoms with Gasteiger partial charge in [-0.2, -0.15) is 13.2 Å². The molecule has 0 saturated carbocycles. The topological polar surface area (TPSA) is 15.3 Å². The number of hydrogen-bond donors (Lipinski definition) is 1. The first-order chi connectivity index (χ1) is 8.83. The monoisotopic (exact) mass is 294 g/mol. The summed E-state index contributed by atoms with van der Waals surface area (Å²) in [4.78, 5) is 1.13. The highest BCUT2D eigenvalue weighted by Crippen LogP contribution is 2.25. The maximum Gasteiger partial charge on any atom is 0.405 e. The van der Waals surface area contributed by atoms with Crippen molar-refractivity contribution in [1.82, 2.24) is 5.32 Å². The molecule has 0 aliphatic heterocycles. The highest BCUT2D eigenvalue weighted by atomic mass is 35.5. The molecule has 0 aliphatic carbocycles. The van der Waals surface area contributed by atoms with Gasteiger partial charge in [-0.25, -0.2) is 0 Å². The van der Waals surface area contributed by atoms with Crippen LogP contribution < -0.4 is 10.2 Å². The Balaban J connectivity index is 2.70. The molecule has 108 valence electrons. The summed E-state index contributed by atoms with van der Waals surface area (Å²) in [5, 5.41) is 3.68. The van der Waals surface area contributed by atoms with Gasteiger partial charge in [0.1, 0.15) is 6.54 Å². The van der Waals surface area contributed by atoms with Crippen molar-refractivity contribution in [2.75, 3.05) is 25.0 Å². The molecule has 0 heterocycles. The van der Waals surface area contributed by atoms with Crippen LogP contribution in [-0.4, -0.2) is 26.3 Å². The second-order valence-corrected chi connectivity index (χ2v) is 4.83. The zero-order valence-corrected chi connectivity index (χ0v) is 11.8. The maximum atomic E-state index is 12.3. The molecule has 0 saturated heterocycles. The van der Waals surface area contributed by atoms with Crippen LogP contribution in [0.2, 0.25) is 5.02 Å². The molecule has 0 aromatic heterocycles. The second-order valence-electron chi connectivity index (χ2n) is 4.42. The van der Waals surface area contributed by atoms with Crippen molar-refractivity contribution in [3.8, 4) is 0 Å². The Bertz CT molecular complexity index is 407. The summed E-state index contributed by atoms with van der Waals surface area (Å²) in [6.45, 7) is 2.57. The molecule has 2 nitrogen and oxygen atoms in total. The first-order valence-electron chi connectivity index (χ1n) is 6.10. The van der Waals surface area contributed by atoms with E-state index in [1.807, 2.05) is 0 Å². The van der Waals surface area contributed by atoms with Crippen LogP contribution in [0.4, 0.5) is 18.9 Å². The van der Waals surface area contributed by atoms with Gasteiger partial charge in [0.2, 0.25) is 0 Å². The summed E-state index contributed by atoms with van der Waals surface area (Å²) in [6.07, 6.45) is -3.20. The quantitative estimate of drug-likeness (QED) is 0.802. The van der Waals surface area contributed by atoms with E-state index < -0.39 is 12.7 Å². The summed E-state index contributed by atoms with van der Waals surface area (Å²) in [7, 11) is 1.40. The van der Waals surface area contributed by atoms with E-state index >= 15 is 0 Å². The molecule has 0 amide bonds. The molecular weight excluding hydrogens is 277 g/mol. The van der Waals surface area contributed by atoms with Crippen molar-refractivity contribution < 1.29 is 13.2 Å². The van der Waals surface area contributed by atoms with E-state index in [-0.39, 0.29) is 0 Å². The molecule has 0 unspecified atom stereocenters. The van der Waals surface area contributed by atoms with Crippen molar-refractivity contribution in [3.05, 3.63) is 28.8 Å². The third-order valence-electron chi connectivity index (χ3n) is 2.64. The Morgan fingerprint density at radius 3 is 2.53 bits per heavy atom. The number of benzene rings is 1. The van der Waals surface area contributed by atoms with Crippen molar-refractivity contribution >= 4 is 17.3 Å². The minimum atomic E-state index is -4.22. The molecule has 0 radical (unpaired) electrons. The minimum Gasteiger partial charge on any atom is -0.366 e. The SMILES string of the molecule is CCCNCc1ccc(N(C)CC(F)(F)F)cc1Cl. The minimum absolute atomic E-state index is 0.460. The molecule has 1 aromatic carbocycles. The van der Waals surface area contributed by atoms with Gasteiger partial charge in [0.05, 0.1) is 0 Å². The molecule has 19 heavy (non-hydrogen) atoms. The predicted octanol–water partition coefficient (Wildman–Crippen LogP) is 3.84. The van der Waals surface area contributed by atoms with E-state index in [0.29, 0.717) is 17.3 Å². The van der Waals surface area contributed by atoms with E-state index in [0.717, 1.165) is 23.4 Å². The van der Waals surface area contributed by atoms with Crippen LogP contribution in [-0.2, 0) is 6.54 Å². The van der Waals surface area contributed by atoms with E-state index in [1.54, 1.807) is 18.2 Å². The van der Waals surface area contributed by atoms with Crippen LogP contribution >= 0.6 is 11.6 Å². The van der Waals surface area contributed by atoms with Crippen molar-refractivity contribution in [1.29, 1.82) is 0 Å². The standard InChI is InChI=1S/C13H18ClF3N2/c1-3-6-18-8-10-4-5-11(7-12(10)14)19(2)9-13(15,16)17/h4-5,7,18H,3,6,8-9H2,1-2H3. The molecule has 0 aliphatic rings. The lowest BCUT2D eigenvalue weighted by Gasteiger charge is -2.21. The number of anilines is 1. The molecule has 6 heteroatoms. The second kappa shape index (κ2) is 7.01. The van der Waals surface area contributed by atoms with Gasteiger partial charge in [0, 0.05) is 24.3 Å². The lowest BCUT2D eigenvalue weighted by Crippen LogP contribution is -2.30. The Morgan fingerprint density at radius 2 is 2.00 bits per heavy atom. The first kappa shape index (κ1) is 16.1. The number of hydrogen-bond acceptors (Lipinski definition) is 2. The maximum absolute atomic E-state index is 12.3. The van der Waals surface area contributed by atoms with E-state index in [9.17, 15) is 13.2 Å².